The van der Waals surface area contributed by atoms with Crippen LogP contribution in [0.5, 0.6) is 0 Å². The summed E-state index contributed by atoms with van der Waals surface area (Å²) in [6, 6.07) is 0.0977. The SMILES string of the molecule is C=Cc1n[nH]c2c1CN(C(=O)OC(C)(C)C)C(C)C2. The Bertz CT molecular complexity index is 499. The average Bonchev–Trinajstić information content (AvgIpc) is 2.67. The molecular formula is C14H21N3O2. The molecule has 1 N–H and O–H groups in total. The predicted molar refractivity (Wildman–Crippen MR) is 73.6 cm³/mol. The van der Waals surface area contributed by atoms with E-state index in [0.717, 1.165) is 23.4 Å². The van der Waals surface area contributed by atoms with Crippen molar-refractivity contribution in [3.8, 4) is 0 Å². The number of hydrogen-bond donors (Lipinski definition) is 1. The number of nitrogens with one attached hydrogen (secondary N) is 1. The number of hydrogen-bond acceptors (Lipinski definition) is 3. The number of ether oxygens (including phenoxy) is 1. The Morgan fingerprint density at radius 2 is 2.26 bits per heavy atom. The first-order valence-electron chi connectivity index (χ1n) is 6.50. The molecular weight excluding hydrogens is 242 g/mol. The summed E-state index contributed by atoms with van der Waals surface area (Å²) < 4.78 is 5.44. The lowest BCUT2D eigenvalue weighted by Gasteiger charge is -2.34. The van der Waals surface area contributed by atoms with Crippen LogP contribution in [0.15, 0.2) is 6.58 Å². The van der Waals surface area contributed by atoms with Crippen LogP contribution in [0.1, 0.15) is 44.6 Å². The van der Waals surface area contributed by atoms with Gasteiger partial charge in [-0.15, -0.1) is 0 Å². The molecule has 5 heteroatoms. The Kier molecular flexibility index (Phi) is 3.39. The molecule has 0 radical (unpaired) electrons. The van der Waals surface area contributed by atoms with E-state index in [1.807, 2.05) is 27.7 Å². The van der Waals surface area contributed by atoms with Crippen LogP contribution in [-0.4, -0.2) is 32.8 Å². The first-order chi connectivity index (χ1) is 8.81. The Morgan fingerprint density at radius 1 is 1.58 bits per heavy atom. The van der Waals surface area contributed by atoms with Crippen LogP contribution in [0.4, 0.5) is 4.79 Å². The quantitative estimate of drug-likeness (QED) is 0.847. The maximum atomic E-state index is 12.2. The van der Waals surface area contributed by atoms with Crippen molar-refractivity contribution < 1.29 is 9.53 Å². The topological polar surface area (TPSA) is 58.2 Å². The Labute approximate surface area is 113 Å². The van der Waals surface area contributed by atoms with Crippen LogP contribution in [0.25, 0.3) is 6.08 Å². The maximum Gasteiger partial charge on any atom is 0.410 e. The van der Waals surface area contributed by atoms with Crippen molar-refractivity contribution in [1.82, 2.24) is 15.1 Å². The summed E-state index contributed by atoms with van der Waals surface area (Å²) in [5.74, 6) is 0. The number of amides is 1. The molecule has 2 heterocycles. The minimum Gasteiger partial charge on any atom is -0.444 e. The lowest BCUT2D eigenvalue weighted by Crippen LogP contribution is -2.45. The van der Waals surface area contributed by atoms with Gasteiger partial charge in [-0.3, -0.25) is 5.10 Å². The number of carbonyl (C=O) groups is 1. The van der Waals surface area contributed by atoms with Gasteiger partial charge < -0.3 is 9.64 Å². The van der Waals surface area contributed by atoms with Crippen LogP contribution in [0.2, 0.25) is 0 Å². The summed E-state index contributed by atoms with van der Waals surface area (Å²) in [5, 5.41) is 7.21. The number of rotatable bonds is 1. The number of nitrogens with zero attached hydrogens (tertiary/aromatic N) is 2. The molecule has 1 aliphatic heterocycles. The molecule has 0 aromatic carbocycles. The predicted octanol–water partition coefficient (Wildman–Crippen LogP) is 2.73. The normalized spacial score (nSPS) is 18.9. The third kappa shape index (κ3) is 2.80. The van der Waals surface area contributed by atoms with E-state index in [2.05, 4.69) is 16.8 Å². The largest absolute Gasteiger partial charge is 0.444 e. The van der Waals surface area contributed by atoms with E-state index >= 15 is 0 Å². The van der Waals surface area contributed by atoms with Crippen molar-refractivity contribution in [1.29, 1.82) is 0 Å². The molecule has 1 atom stereocenters. The summed E-state index contributed by atoms with van der Waals surface area (Å²) >= 11 is 0. The molecule has 1 unspecified atom stereocenters. The fraction of sp³-hybridized carbons (Fsp3) is 0.571. The molecule has 0 saturated carbocycles. The smallest absolute Gasteiger partial charge is 0.410 e. The Balaban J connectivity index is 2.20. The molecule has 2 rings (SSSR count). The molecule has 1 amide bonds. The van der Waals surface area contributed by atoms with Gasteiger partial charge >= 0.3 is 6.09 Å². The first kappa shape index (κ1) is 13.6. The van der Waals surface area contributed by atoms with Gasteiger partial charge in [0, 0.05) is 23.7 Å². The summed E-state index contributed by atoms with van der Waals surface area (Å²) in [5.41, 5.74) is 2.46. The van der Waals surface area contributed by atoms with E-state index < -0.39 is 5.60 Å². The third-order valence-electron chi connectivity index (χ3n) is 3.17. The highest BCUT2D eigenvalue weighted by Crippen LogP contribution is 2.26. The van der Waals surface area contributed by atoms with Crippen molar-refractivity contribution in [2.75, 3.05) is 0 Å². The Morgan fingerprint density at radius 3 is 2.84 bits per heavy atom. The third-order valence-corrected chi connectivity index (χ3v) is 3.17. The van der Waals surface area contributed by atoms with E-state index in [1.165, 1.54) is 0 Å². The van der Waals surface area contributed by atoms with Crippen LogP contribution in [-0.2, 0) is 17.7 Å². The summed E-state index contributed by atoms with van der Waals surface area (Å²) in [7, 11) is 0. The molecule has 0 fully saturated rings. The lowest BCUT2D eigenvalue weighted by atomic mass is 10.00. The van der Waals surface area contributed by atoms with Crippen LogP contribution >= 0.6 is 0 Å². The van der Waals surface area contributed by atoms with Gasteiger partial charge in [-0.1, -0.05) is 6.58 Å². The van der Waals surface area contributed by atoms with Crippen LogP contribution in [0, 0.1) is 0 Å². The zero-order chi connectivity index (χ0) is 14.2. The minimum atomic E-state index is -0.477. The Hall–Kier alpha value is -1.78. The van der Waals surface area contributed by atoms with Crippen molar-refractivity contribution in [3.63, 3.8) is 0 Å². The number of carbonyl (C=O) groups excluding carboxylic acids is 1. The zero-order valence-electron chi connectivity index (χ0n) is 12.0. The summed E-state index contributed by atoms with van der Waals surface area (Å²) in [6.07, 6.45) is 2.19. The molecule has 0 spiro atoms. The second kappa shape index (κ2) is 4.72. The fourth-order valence-corrected chi connectivity index (χ4v) is 2.23. The standard InChI is InChI=1S/C14H21N3O2/c1-6-11-10-8-17(13(18)19-14(3,4)5)9(2)7-12(10)16-15-11/h6,9H,1,7-8H2,2-5H3,(H,15,16). The highest BCUT2D eigenvalue weighted by atomic mass is 16.6. The van der Waals surface area contributed by atoms with E-state index in [1.54, 1.807) is 11.0 Å². The van der Waals surface area contributed by atoms with Gasteiger partial charge in [0.15, 0.2) is 0 Å². The van der Waals surface area contributed by atoms with E-state index in [0.29, 0.717) is 6.54 Å². The highest BCUT2D eigenvalue weighted by molar-refractivity contribution is 5.69. The van der Waals surface area contributed by atoms with Gasteiger partial charge in [-0.25, -0.2) is 4.79 Å². The first-order valence-corrected chi connectivity index (χ1v) is 6.50. The second-order valence-corrected chi connectivity index (χ2v) is 5.93. The van der Waals surface area contributed by atoms with Gasteiger partial charge in [-0.2, -0.15) is 5.10 Å². The molecule has 19 heavy (non-hydrogen) atoms. The summed E-state index contributed by atoms with van der Waals surface area (Å²) in [4.78, 5) is 13.9. The van der Waals surface area contributed by atoms with Crippen molar-refractivity contribution >= 4 is 12.2 Å². The highest BCUT2D eigenvalue weighted by Gasteiger charge is 2.32. The van der Waals surface area contributed by atoms with Gasteiger partial charge in [0.05, 0.1) is 12.2 Å². The molecule has 1 aliphatic rings. The van der Waals surface area contributed by atoms with Crippen molar-refractivity contribution in [2.45, 2.75) is 52.3 Å². The van der Waals surface area contributed by atoms with Gasteiger partial charge in [0.25, 0.3) is 0 Å². The number of aromatic amines is 1. The molecule has 1 aromatic rings. The van der Waals surface area contributed by atoms with Gasteiger partial charge in [0.2, 0.25) is 0 Å². The van der Waals surface area contributed by atoms with E-state index in [-0.39, 0.29) is 12.1 Å². The number of aromatic nitrogens is 2. The van der Waals surface area contributed by atoms with E-state index in [9.17, 15) is 4.79 Å². The minimum absolute atomic E-state index is 0.0977. The van der Waals surface area contributed by atoms with Gasteiger partial charge in [-0.05, 0) is 33.8 Å². The average molecular weight is 263 g/mol. The monoisotopic (exact) mass is 263 g/mol. The molecule has 0 saturated heterocycles. The molecule has 0 aliphatic carbocycles. The lowest BCUT2D eigenvalue weighted by molar-refractivity contribution is 0.0137. The van der Waals surface area contributed by atoms with Crippen molar-refractivity contribution in [3.05, 3.63) is 23.5 Å². The van der Waals surface area contributed by atoms with Gasteiger partial charge in [0.1, 0.15) is 5.60 Å². The van der Waals surface area contributed by atoms with Crippen LogP contribution in [0.3, 0.4) is 0 Å². The molecule has 0 bridgehead atoms. The zero-order valence-corrected chi connectivity index (χ0v) is 12.0. The summed E-state index contributed by atoms with van der Waals surface area (Å²) in [6.45, 7) is 11.9. The molecule has 104 valence electrons. The van der Waals surface area contributed by atoms with Crippen molar-refractivity contribution in [2.24, 2.45) is 0 Å². The van der Waals surface area contributed by atoms with E-state index in [4.69, 9.17) is 4.74 Å². The molecule has 1 aromatic heterocycles. The molecule has 5 nitrogen and oxygen atoms in total. The number of fused-ring (bicyclic) bond motifs is 1. The number of H-pyrrole nitrogens is 1. The second-order valence-electron chi connectivity index (χ2n) is 5.93. The maximum absolute atomic E-state index is 12.2. The van der Waals surface area contributed by atoms with Crippen LogP contribution < -0.4 is 0 Å². The fourth-order valence-electron chi connectivity index (χ4n) is 2.23.